The highest BCUT2D eigenvalue weighted by Crippen LogP contribution is 2.22. The minimum absolute atomic E-state index is 0.707. The van der Waals surface area contributed by atoms with Gasteiger partial charge in [0.25, 0.3) is 0 Å². The van der Waals surface area contributed by atoms with E-state index in [9.17, 15) is 0 Å². The summed E-state index contributed by atoms with van der Waals surface area (Å²) in [5.74, 6) is 1.73. The first-order valence-corrected chi connectivity index (χ1v) is 8.26. The van der Waals surface area contributed by atoms with Crippen molar-refractivity contribution in [1.82, 2.24) is 19.2 Å². The molecule has 1 aromatic carbocycles. The van der Waals surface area contributed by atoms with Crippen LogP contribution in [0, 0.1) is 4.77 Å². The second kappa shape index (κ2) is 7.25. The van der Waals surface area contributed by atoms with E-state index in [1.54, 1.807) is 7.11 Å². The topological polar surface area (TPSA) is 44.5 Å². The van der Waals surface area contributed by atoms with Crippen molar-refractivity contribution in [3.63, 3.8) is 0 Å². The van der Waals surface area contributed by atoms with Crippen molar-refractivity contribution in [2.75, 3.05) is 33.4 Å². The lowest BCUT2D eigenvalue weighted by Crippen LogP contribution is -2.37. The molecule has 1 aromatic heterocycles. The number of nitrogens with zero attached hydrogens (tertiary/aromatic N) is 4. The number of benzene rings is 1. The van der Waals surface area contributed by atoms with E-state index < -0.39 is 0 Å². The Hall–Kier alpha value is -1.70. The zero-order valence-electron chi connectivity index (χ0n) is 13.6. The number of rotatable bonds is 5. The SMILES string of the molecule is CCn1c(-c2ccc(OC)cc2)nn(CN2CCOCC2)c1=S. The Bertz CT molecular complexity index is 702. The molecule has 0 aliphatic carbocycles. The first-order chi connectivity index (χ1) is 11.2. The fraction of sp³-hybridized carbons (Fsp3) is 0.500. The van der Waals surface area contributed by atoms with Crippen molar-refractivity contribution in [2.24, 2.45) is 0 Å². The van der Waals surface area contributed by atoms with Crippen molar-refractivity contribution in [2.45, 2.75) is 20.1 Å². The molecule has 0 spiro atoms. The second-order valence-corrected chi connectivity index (χ2v) is 5.82. The Labute approximate surface area is 141 Å². The van der Waals surface area contributed by atoms with Crippen LogP contribution < -0.4 is 4.74 Å². The standard InChI is InChI=1S/C16H22N4O2S/c1-3-19-15(13-4-6-14(21-2)7-5-13)17-20(16(19)23)12-18-8-10-22-11-9-18/h4-7H,3,8-12H2,1-2H3. The van der Waals surface area contributed by atoms with Crippen LogP contribution in [-0.2, 0) is 18.0 Å². The van der Waals surface area contributed by atoms with Gasteiger partial charge >= 0.3 is 0 Å². The van der Waals surface area contributed by atoms with Gasteiger partial charge in [0.15, 0.2) is 10.6 Å². The van der Waals surface area contributed by atoms with E-state index in [4.69, 9.17) is 26.8 Å². The molecule has 0 saturated carbocycles. The smallest absolute Gasteiger partial charge is 0.199 e. The second-order valence-electron chi connectivity index (χ2n) is 5.45. The predicted octanol–water partition coefficient (Wildman–Crippen LogP) is 2.40. The molecule has 7 heteroatoms. The largest absolute Gasteiger partial charge is 0.497 e. The van der Waals surface area contributed by atoms with Gasteiger partial charge in [-0.15, -0.1) is 0 Å². The molecule has 1 aliphatic rings. The molecular weight excluding hydrogens is 312 g/mol. The Morgan fingerprint density at radius 2 is 1.91 bits per heavy atom. The van der Waals surface area contributed by atoms with Gasteiger partial charge in [-0.2, -0.15) is 5.10 Å². The van der Waals surface area contributed by atoms with Crippen molar-refractivity contribution in [1.29, 1.82) is 0 Å². The lowest BCUT2D eigenvalue weighted by atomic mass is 10.2. The van der Waals surface area contributed by atoms with Crippen LogP contribution >= 0.6 is 12.2 Å². The average Bonchev–Trinajstić information content (AvgIpc) is 2.92. The van der Waals surface area contributed by atoms with E-state index in [0.717, 1.165) is 54.8 Å². The third-order valence-electron chi connectivity index (χ3n) is 4.02. The third-order valence-corrected chi connectivity index (χ3v) is 4.46. The molecule has 0 bridgehead atoms. The Kier molecular flexibility index (Phi) is 5.09. The van der Waals surface area contributed by atoms with Crippen molar-refractivity contribution in [3.8, 4) is 17.1 Å². The lowest BCUT2D eigenvalue weighted by molar-refractivity contribution is 0.0209. The van der Waals surface area contributed by atoms with Crippen molar-refractivity contribution >= 4 is 12.2 Å². The predicted molar refractivity (Wildman–Crippen MR) is 91.1 cm³/mol. The van der Waals surface area contributed by atoms with Gasteiger partial charge in [-0.25, -0.2) is 4.68 Å². The first kappa shape index (κ1) is 16.2. The number of aromatic nitrogens is 3. The maximum atomic E-state index is 5.61. The fourth-order valence-corrected chi connectivity index (χ4v) is 3.02. The molecule has 2 aromatic rings. The number of hydrogen-bond acceptors (Lipinski definition) is 5. The summed E-state index contributed by atoms with van der Waals surface area (Å²) >= 11 is 5.61. The van der Waals surface area contributed by atoms with Gasteiger partial charge in [-0.3, -0.25) is 4.90 Å². The summed E-state index contributed by atoms with van der Waals surface area (Å²) in [6, 6.07) is 7.92. The highest BCUT2D eigenvalue weighted by molar-refractivity contribution is 7.71. The van der Waals surface area contributed by atoms with E-state index in [-0.39, 0.29) is 0 Å². The van der Waals surface area contributed by atoms with Crippen LogP contribution in [0.3, 0.4) is 0 Å². The normalized spacial score (nSPS) is 15.7. The van der Waals surface area contributed by atoms with Gasteiger partial charge < -0.3 is 14.0 Å². The third kappa shape index (κ3) is 3.46. The zero-order chi connectivity index (χ0) is 16.2. The van der Waals surface area contributed by atoms with Gasteiger partial charge in [0.05, 0.1) is 27.0 Å². The number of methoxy groups -OCH3 is 1. The van der Waals surface area contributed by atoms with Crippen LogP contribution in [0.25, 0.3) is 11.4 Å². The fourth-order valence-electron chi connectivity index (χ4n) is 2.70. The molecule has 0 amide bonds. The van der Waals surface area contributed by atoms with Crippen LogP contribution in [0.4, 0.5) is 0 Å². The Morgan fingerprint density at radius 3 is 2.52 bits per heavy atom. The molecule has 1 fully saturated rings. The first-order valence-electron chi connectivity index (χ1n) is 7.85. The average molecular weight is 334 g/mol. The van der Waals surface area contributed by atoms with Gasteiger partial charge in [0.1, 0.15) is 5.75 Å². The molecule has 1 aliphatic heterocycles. The molecular formula is C16H22N4O2S. The molecule has 2 heterocycles. The monoisotopic (exact) mass is 334 g/mol. The Morgan fingerprint density at radius 1 is 1.22 bits per heavy atom. The summed E-state index contributed by atoms with van der Waals surface area (Å²) in [4.78, 5) is 2.31. The molecule has 6 nitrogen and oxygen atoms in total. The van der Waals surface area contributed by atoms with E-state index in [1.165, 1.54) is 0 Å². The number of hydrogen-bond donors (Lipinski definition) is 0. The molecule has 0 atom stereocenters. The van der Waals surface area contributed by atoms with Crippen molar-refractivity contribution < 1.29 is 9.47 Å². The summed E-state index contributed by atoms with van der Waals surface area (Å²) in [5.41, 5.74) is 1.04. The number of morpholine rings is 1. The summed E-state index contributed by atoms with van der Waals surface area (Å²) in [5, 5.41) is 4.75. The van der Waals surface area contributed by atoms with Crippen LogP contribution in [0.1, 0.15) is 6.92 Å². The molecule has 3 rings (SSSR count). The van der Waals surface area contributed by atoms with E-state index in [2.05, 4.69) is 16.4 Å². The van der Waals surface area contributed by atoms with Gasteiger partial charge in [0.2, 0.25) is 0 Å². The maximum Gasteiger partial charge on any atom is 0.199 e. The molecule has 0 unspecified atom stereocenters. The molecule has 0 radical (unpaired) electrons. The van der Waals surface area contributed by atoms with E-state index >= 15 is 0 Å². The molecule has 124 valence electrons. The molecule has 0 N–H and O–H groups in total. The molecule has 1 saturated heterocycles. The maximum absolute atomic E-state index is 5.61. The summed E-state index contributed by atoms with van der Waals surface area (Å²) in [6.45, 7) is 6.96. The minimum Gasteiger partial charge on any atom is -0.497 e. The highest BCUT2D eigenvalue weighted by Gasteiger charge is 2.16. The lowest BCUT2D eigenvalue weighted by Gasteiger charge is -2.26. The summed E-state index contributed by atoms with van der Waals surface area (Å²) < 4.78 is 15.3. The Balaban J connectivity index is 1.90. The quantitative estimate of drug-likeness (QED) is 0.786. The van der Waals surface area contributed by atoms with E-state index in [1.807, 2.05) is 28.9 Å². The van der Waals surface area contributed by atoms with Crippen LogP contribution in [0.15, 0.2) is 24.3 Å². The van der Waals surface area contributed by atoms with Crippen LogP contribution in [0.5, 0.6) is 5.75 Å². The summed E-state index contributed by atoms with van der Waals surface area (Å²) in [6.07, 6.45) is 0. The van der Waals surface area contributed by atoms with Gasteiger partial charge in [-0.05, 0) is 43.4 Å². The summed E-state index contributed by atoms with van der Waals surface area (Å²) in [7, 11) is 1.67. The highest BCUT2D eigenvalue weighted by atomic mass is 32.1. The van der Waals surface area contributed by atoms with Gasteiger partial charge in [-0.1, -0.05) is 0 Å². The number of ether oxygens (including phenoxy) is 2. The molecule has 23 heavy (non-hydrogen) atoms. The zero-order valence-corrected chi connectivity index (χ0v) is 14.4. The van der Waals surface area contributed by atoms with Crippen LogP contribution in [0.2, 0.25) is 0 Å². The van der Waals surface area contributed by atoms with Crippen molar-refractivity contribution in [3.05, 3.63) is 29.0 Å². The van der Waals surface area contributed by atoms with E-state index in [0.29, 0.717) is 6.67 Å². The van der Waals surface area contributed by atoms with Gasteiger partial charge in [0, 0.05) is 25.2 Å². The minimum atomic E-state index is 0.707. The van der Waals surface area contributed by atoms with Crippen LogP contribution in [-0.4, -0.2) is 52.7 Å².